The van der Waals surface area contributed by atoms with Crippen LogP contribution in [0.1, 0.15) is 56.1 Å². The predicted octanol–water partition coefficient (Wildman–Crippen LogP) is 3.62. The molecular weight excluding hydrogens is 303 g/mol. The monoisotopic (exact) mass is 332 g/mol. The first kappa shape index (κ1) is 17.4. The highest BCUT2D eigenvalue weighted by Gasteiger charge is 2.34. The number of rotatable bonds is 7. The molecule has 0 radical (unpaired) electrons. The number of carbonyl (C=O) groups excluding carboxylic acids is 1. The van der Waals surface area contributed by atoms with Gasteiger partial charge in [-0.25, -0.2) is 4.39 Å². The van der Waals surface area contributed by atoms with Gasteiger partial charge in [0.1, 0.15) is 5.82 Å². The molecule has 24 heavy (non-hydrogen) atoms. The first-order chi connectivity index (χ1) is 11.5. The van der Waals surface area contributed by atoms with Crippen LogP contribution >= 0.6 is 0 Å². The van der Waals surface area contributed by atoms with E-state index in [1.54, 1.807) is 6.92 Å². The average Bonchev–Trinajstić information content (AvgIpc) is 3.26. The molecule has 1 saturated carbocycles. The van der Waals surface area contributed by atoms with Crippen LogP contribution in [0.3, 0.4) is 0 Å². The van der Waals surface area contributed by atoms with E-state index < -0.39 is 0 Å². The number of benzene rings is 1. The first-order valence-electron chi connectivity index (χ1n) is 9.31. The lowest BCUT2D eigenvalue weighted by molar-refractivity contribution is -0.121. The van der Waals surface area contributed by atoms with Crippen molar-refractivity contribution in [3.8, 4) is 0 Å². The normalized spacial score (nSPS) is 20.8. The van der Waals surface area contributed by atoms with Gasteiger partial charge < -0.3 is 5.32 Å². The summed E-state index contributed by atoms with van der Waals surface area (Å²) in [5.41, 5.74) is 1.78. The van der Waals surface area contributed by atoms with Crippen molar-refractivity contribution in [2.75, 3.05) is 19.6 Å². The standard InChI is InChI=1S/C20H29FN2O/c1-14-11-17(7-8-19(14)21)18(16-5-6-16)12-20(24)22-13-15(2)23-9-3-4-10-23/h7-8,11,15-16,18H,3-6,9-10,12-13H2,1-2H3,(H,22,24). The molecule has 3 rings (SSSR count). The molecule has 2 unspecified atom stereocenters. The number of amides is 1. The van der Waals surface area contributed by atoms with Gasteiger partial charge in [0.25, 0.3) is 0 Å². The summed E-state index contributed by atoms with van der Waals surface area (Å²) in [5, 5.41) is 3.11. The molecule has 2 fully saturated rings. The van der Waals surface area contributed by atoms with E-state index in [0.29, 0.717) is 23.9 Å². The molecule has 3 nitrogen and oxygen atoms in total. The van der Waals surface area contributed by atoms with Crippen LogP contribution in [0.2, 0.25) is 0 Å². The SMILES string of the molecule is Cc1cc(C(CC(=O)NCC(C)N2CCCC2)C2CC2)ccc1F. The molecule has 1 N–H and O–H groups in total. The van der Waals surface area contributed by atoms with Crippen molar-refractivity contribution in [1.29, 1.82) is 0 Å². The zero-order valence-corrected chi connectivity index (χ0v) is 14.9. The maximum Gasteiger partial charge on any atom is 0.220 e. The van der Waals surface area contributed by atoms with Crippen LogP contribution in [0.25, 0.3) is 0 Å². The number of likely N-dealkylation sites (tertiary alicyclic amines) is 1. The summed E-state index contributed by atoms with van der Waals surface area (Å²) in [7, 11) is 0. The lowest BCUT2D eigenvalue weighted by Crippen LogP contribution is -2.41. The minimum atomic E-state index is -0.169. The van der Waals surface area contributed by atoms with Crippen LogP contribution in [-0.4, -0.2) is 36.5 Å². The second kappa shape index (κ2) is 7.64. The van der Waals surface area contributed by atoms with Crippen LogP contribution in [0.15, 0.2) is 18.2 Å². The van der Waals surface area contributed by atoms with E-state index in [9.17, 15) is 9.18 Å². The molecule has 0 bridgehead atoms. The van der Waals surface area contributed by atoms with E-state index >= 15 is 0 Å². The molecule has 1 heterocycles. The van der Waals surface area contributed by atoms with Gasteiger partial charge in [-0.15, -0.1) is 0 Å². The van der Waals surface area contributed by atoms with Gasteiger partial charge in [0.15, 0.2) is 0 Å². The Morgan fingerprint density at radius 3 is 2.67 bits per heavy atom. The second-order valence-electron chi connectivity index (χ2n) is 7.55. The highest BCUT2D eigenvalue weighted by Crippen LogP contribution is 2.44. The third kappa shape index (κ3) is 4.35. The van der Waals surface area contributed by atoms with Crippen molar-refractivity contribution in [3.05, 3.63) is 35.1 Å². The Hall–Kier alpha value is -1.42. The maximum absolute atomic E-state index is 13.5. The summed E-state index contributed by atoms with van der Waals surface area (Å²) in [5.74, 6) is 0.764. The Balaban J connectivity index is 1.55. The lowest BCUT2D eigenvalue weighted by atomic mass is 9.89. The zero-order chi connectivity index (χ0) is 17.1. The van der Waals surface area contributed by atoms with Gasteiger partial charge >= 0.3 is 0 Å². The van der Waals surface area contributed by atoms with E-state index in [4.69, 9.17) is 0 Å². The average molecular weight is 332 g/mol. The molecule has 1 amide bonds. The Kier molecular flexibility index (Phi) is 5.54. The molecule has 1 aliphatic carbocycles. The molecule has 4 heteroatoms. The quantitative estimate of drug-likeness (QED) is 0.827. The smallest absolute Gasteiger partial charge is 0.220 e. The summed E-state index contributed by atoms with van der Waals surface area (Å²) >= 11 is 0. The number of aryl methyl sites for hydroxylation is 1. The molecule has 0 spiro atoms. The molecule has 2 atom stereocenters. The highest BCUT2D eigenvalue weighted by atomic mass is 19.1. The fraction of sp³-hybridized carbons (Fsp3) is 0.650. The minimum absolute atomic E-state index is 0.125. The Labute approximate surface area is 144 Å². The van der Waals surface area contributed by atoms with Gasteiger partial charge in [0, 0.05) is 19.0 Å². The minimum Gasteiger partial charge on any atom is -0.355 e. The number of carbonyl (C=O) groups is 1. The van der Waals surface area contributed by atoms with E-state index in [-0.39, 0.29) is 17.6 Å². The van der Waals surface area contributed by atoms with Gasteiger partial charge in [-0.3, -0.25) is 9.69 Å². The largest absolute Gasteiger partial charge is 0.355 e. The fourth-order valence-electron chi connectivity index (χ4n) is 3.80. The summed E-state index contributed by atoms with van der Waals surface area (Å²) in [6.07, 6.45) is 5.41. The van der Waals surface area contributed by atoms with Crippen LogP contribution in [0, 0.1) is 18.7 Å². The summed E-state index contributed by atoms with van der Waals surface area (Å²) < 4.78 is 13.5. The van der Waals surface area contributed by atoms with E-state index in [1.165, 1.54) is 31.7 Å². The number of nitrogens with zero attached hydrogens (tertiary/aromatic N) is 1. The van der Waals surface area contributed by atoms with Gasteiger partial charge in [0.2, 0.25) is 5.91 Å². The van der Waals surface area contributed by atoms with Crippen molar-refractivity contribution < 1.29 is 9.18 Å². The third-order valence-electron chi connectivity index (χ3n) is 5.57. The molecule has 0 aromatic heterocycles. The zero-order valence-electron chi connectivity index (χ0n) is 14.9. The van der Waals surface area contributed by atoms with Gasteiger partial charge in [0.05, 0.1) is 0 Å². The number of halogens is 1. The predicted molar refractivity (Wildman–Crippen MR) is 94.5 cm³/mol. The summed E-state index contributed by atoms with van der Waals surface area (Å²) in [4.78, 5) is 14.9. The summed E-state index contributed by atoms with van der Waals surface area (Å²) in [6, 6.07) is 5.71. The Bertz CT molecular complexity index is 579. The lowest BCUT2D eigenvalue weighted by Gasteiger charge is -2.24. The van der Waals surface area contributed by atoms with E-state index in [2.05, 4.69) is 17.1 Å². The summed E-state index contributed by atoms with van der Waals surface area (Å²) in [6.45, 7) is 7.00. The van der Waals surface area contributed by atoms with Crippen LogP contribution in [0.5, 0.6) is 0 Å². The number of nitrogens with one attached hydrogen (secondary N) is 1. The first-order valence-corrected chi connectivity index (χ1v) is 9.31. The van der Waals surface area contributed by atoms with Gasteiger partial charge in [-0.05, 0) is 81.6 Å². The van der Waals surface area contributed by atoms with Crippen molar-refractivity contribution in [1.82, 2.24) is 10.2 Å². The topological polar surface area (TPSA) is 32.3 Å². The Morgan fingerprint density at radius 2 is 2.04 bits per heavy atom. The molecule has 2 aliphatic rings. The van der Waals surface area contributed by atoms with Crippen molar-refractivity contribution in [2.45, 2.75) is 57.9 Å². The fourth-order valence-corrected chi connectivity index (χ4v) is 3.80. The second-order valence-corrected chi connectivity index (χ2v) is 7.55. The molecular formula is C20H29FN2O. The van der Waals surface area contributed by atoms with Crippen LogP contribution in [0.4, 0.5) is 4.39 Å². The van der Waals surface area contributed by atoms with Gasteiger partial charge in [-0.1, -0.05) is 12.1 Å². The van der Waals surface area contributed by atoms with Gasteiger partial charge in [-0.2, -0.15) is 0 Å². The van der Waals surface area contributed by atoms with Crippen molar-refractivity contribution in [3.63, 3.8) is 0 Å². The molecule has 1 aromatic rings. The van der Waals surface area contributed by atoms with Crippen LogP contribution < -0.4 is 5.32 Å². The molecule has 132 valence electrons. The third-order valence-corrected chi connectivity index (χ3v) is 5.57. The van der Waals surface area contributed by atoms with Crippen molar-refractivity contribution in [2.24, 2.45) is 5.92 Å². The number of hydrogen-bond acceptors (Lipinski definition) is 2. The molecule has 1 aliphatic heterocycles. The maximum atomic E-state index is 13.5. The Morgan fingerprint density at radius 1 is 1.33 bits per heavy atom. The van der Waals surface area contributed by atoms with E-state index in [1.807, 2.05) is 12.1 Å². The molecule has 1 aromatic carbocycles. The van der Waals surface area contributed by atoms with E-state index in [0.717, 1.165) is 25.2 Å². The highest BCUT2D eigenvalue weighted by molar-refractivity contribution is 5.77. The molecule has 1 saturated heterocycles. The number of hydrogen-bond donors (Lipinski definition) is 1. The van der Waals surface area contributed by atoms with Crippen molar-refractivity contribution >= 4 is 5.91 Å². The van der Waals surface area contributed by atoms with Crippen LogP contribution in [-0.2, 0) is 4.79 Å².